The molecule has 0 spiro atoms. The van der Waals surface area contributed by atoms with Crippen LogP contribution in [0.1, 0.15) is 6.92 Å². The van der Waals surface area contributed by atoms with Crippen LogP contribution >= 0.6 is 0 Å². The molecular weight excluding hydrogens is 208 g/mol. The highest BCUT2D eigenvalue weighted by atomic mass is 32.2. The molecule has 12 heavy (non-hydrogen) atoms. The molecule has 8 heteroatoms. The van der Waals surface area contributed by atoms with Gasteiger partial charge in [0.05, 0.1) is 12.0 Å². The van der Waals surface area contributed by atoms with Gasteiger partial charge >= 0.3 is 0 Å². The molecule has 0 aliphatic carbocycles. The molecular formula is C4H10O6S2. The Labute approximate surface area is 71.7 Å². The summed E-state index contributed by atoms with van der Waals surface area (Å²) >= 11 is 0. The fourth-order valence-corrected chi connectivity index (χ4v) is 0.909. The molecule has 0 fully saturated rings. The molecule has 0 atom stereocenters. The van der Waals surface area contributed by atoms with E-state index in [9.17, 15) is 16.8 Å². The molecule has 0 heterocycles. The van der Waals surface area contributed by atoms with E-state index in [0.29, 0.717) is 0 Å². The first-order valence-corrected chi connectivity index (χ1v) is 6.38. The summed E-state index contributed by atoms with van der Waals surface area (Å²) in [5, 5.41) is 0. The van der Waals surface area contributed by atoms with Crippen molar-refractivity contribution in [3.63, 3.8) is 0 Å². The van der Waals surface area contributed by atoms with Crippen LogP contribution < -0.4 is 0 Å². The molecule has 0 aliphatic rings. The first-order valence-electron chi connectivity index (χ1n) is 2.98. The molecule has 0 saturated carbocycles. The first kappa shape index (κ1) is 11.8. The van der Waals surface area contributed by atoms with Gasteiger partial charge in [0.15, 0.2) is 6.79 Å². The van der Waals surface area contributed by atoms with Crippen molar-refractivity contribution < 1.29 is 25.2 Å². The molecule has 0 rings (SSSR count). The van der Waals surface area contributed by atoms with Gasteiger partial charge in [-0.1, -0.05) is 0 Å². The lowest BCUT2D eigenvalue weighted by Crippen LogP contribution is -2.13. The van der Waals surface area contributed by atoms with E-state index < -0.39 is 27.0 Å². The highest BCUT2D eigenvalue weighted by molar-refractivity contribution is 7.87. The minimum Gasteiger partial charge on any atom is -0.240 e. The third kappa shape index (κ3) is 6.53. The summed E-state index contributed by atoms with van der Waals surface area (Å²) in [4.78, 5) is 0. The maximum Gasteiger partial charge on any atom is 0.269 e. The van der Waals surface area contributed by atoms with Crippen LogP contribution in [0.4, 0.5) is 0 Å². The zero-order valence-electron chi connectivity index (χ0n) is 6.68. The Bertz CT molecular complexity index is 311. The topological polar surface area (TPSA) is 86.7 Å². The lowest BCUT2D eigenvalue weighted by atomic mass is 11.0. The van der Waals surface area contributed by atoms with Gasteiger partial charge in [-0.3, -0.25) is 0 Å². The highest BCUT2D eigenvalue weighted by Crippen LogP contribution is 1.94. The second kappa shape index (κ2) is 4.17. The molecule has 0 radical (unpaired) electrons. The van der Waals surface area contributed by atoms with Crippen LogP contribution in [0.3, 0.4) is 0 Å². The summed E-state index contributed by atoms with van der Waals surface area (Å²) in [6.45, 7) is 0.574. The Morgan fingerprint density at radius 2 is 1.58 bits per heavy atom. The fourth-order valence-electron chi connectivity index (χ4n) is 0.264. The van der Waals surface area contributed by atoms with Gasteiger partial charge in [-0.2, -0.15) is 16.8 Å². The van der Waals surface area contributed by atoms with Crippen molar-refractivity contribution in [3.05, 3.63) is 0 Å². The van der Waals surface area contributed by atoms with Crippen LogP contribution in [-0.2, 0) is 28.6 Å². The van der Waals surface area contributed by atoms with Gasteiger partial charge in [0, 0.05) is 0 Å². The summed E-state index contributed by atoms with van der Waals surface area (Å²) in [5.74, 6) is -0.222. The van der Waals surface area contributed by atoms with Crippen LogP contribution in [-0.4, -0.2) is 35.6 Å². The van der Waals surface area contributed by atoms with E-state index in [-0.39, 0.29) is 5.75 Å². The Morgan fingerprint density at radius 1 is 1.08 bits per heavy atom. The Morgan fingerprint density at radius 3 is 1.92 bits per heavy atom. The Kier molecular flexibility index (Phi) is 4.11. The molecule has 0 unspecified atom stereocenters. The molecule has 0 saturated heterocycles. The minimum absolute atomic E-state index is 0.222. The first-order chi connectivity index (χ1) is 5.27. The molecule has 0 amide bonds. The Balaban J connectivity index is 3.89. The smallest absolute Gasteiger partial charge is 0.240 e. The molecule has 0 aromatic rings. The third-order valence-electron chi connectivity index (χ3n) is 0.843. The van der Waals surface area contributed by atoms with Gasteiger partial charge in [0.2, 0.25) is 0 Å². The maximum atomic E-state index is 10.6. The van der Waals surface area contributed by atoms with Gasteiger partial charge in [-0.25, -0.2) is 8.37 Å². The monoisotopic (exact) mass is 218 g/mol. The second-order valence-electron chi connectivity index (χ2n) is 1.90. The van der Waals surface area contributed by atoms with Crippen molar-refractivity contribution in [2.75, 3.05) is 18.8 Å². The third-order valence-corrected chi connectivity index (χ3v) is 2.53. The van der Waals surface area contributed by atoms with Crippen LogP contribution in [0.25, 0.3) is 0 Å². The molecule has 0 N–H and O–H groups in total. The molecule has 0 bridgehead atoms. The number of hydrogen-bond acceptors (Lipinski definition) is 6. The van der Waals surface area contributed by atoms with Gasteiger partial charge in [0.1, 0.15) is 0 Å². The van der Waals surface area contributed by atoms with Gasteiger partial charge < -0.3 is 0 Å². The lowest BCUT2D eigenvalue weighted by Gasteiger charge is -2.01. The summed E-state index contributed by atoms with van der Waals surface area (Å²) in [5.41, 5.74) is 0. The van der Waals surface area contributed by atoms with E-state index in [1.54, 1.807) is 0 Å². The minimum atomic E-state index is -3.64. The van der Waals surface area contributed by atoms with Gasteiger partial charge in [0.25, 0.3) is 20.2 Å². The molecule has 6 nitrogen and oxygen atoms in total. The highest BCUT2D eigenvalue weighted by Gasteiger charge is 2.09. The van der Waals surface area contributed by atoms with E-state index in [2.05, 4.69) is 8.37 Å². The molecule has 0 aliphatic heterocycles. The van der Waals surface area contributed by atoms with Crippen molar-refractivity contribution >= 4 is 20.2 Å². The van der Waals surface area contributed by atoms with Crippen LogP contribution in [0.15, 0.2) is 0 Å². The number of hydrogen-bond donors (Lipinski definition) is 0. The normalized spacial score (nSPS) is 13.2. The van der Waals surface area contributed by atoms with Crippen LogP contribution in [0.5, 0.6) is 0 Å². The summed E-state index contributed by atoms with van der Waals surface area (Å²) in [7, 11) is -7.28. The number of rotatable bonds is 5. The second-order valence-corrected chi connectivity index (χ2v) is 5.48. The zero-order chi connectivity index (χ0) is 9.83. The SMILES string of the molecule is CCS(=O)(=O)OCOS(C)(=O)=O. The van der Waals surface area contributed by atoms with E-state index in [1.807, 2.05) is 0 Å². The van der Waals surface area contributed by atoms with E-state index in [4.69, 9.17) is 0 Å². The van der Waals surface area contributed by atoms with Crippen molar-refractivity contribution in [2.45, 2.75) is 6.92 Å². The fraction of sp³-hybridized carbons (Fsp3) is 1.00. The zero-order valence-corrected chi connectivity index (χ0v) is 8.31. The summed E-state index contributed by atoms with van der Waals surface area (Å²) in [6.07, 6.45) is 0.801. The molecule has 74 valence electrons. The predicted octanol–water partition coefficient (Wildman–Crippen LogP) is -0.714. The Hall–Kier alpha value is -0.180. The van der Waals surface area contributed by atoms with Crippen LogP contribution in [0, 0.1) is 0 Å². The van der Waals surface area contributed by atoms with Crippen molar-refractivity contribution in [1.82, 2.24) is 0 Å². The predicted molar refractivity (Wildman–Crippen MR) is 41.3 cm³/mol. The van der Waals surface area contributed by atoms with E-state index in [1.165, 1.54) is 6.92 Å². The van der Waals surface area contributed by atoms with Crippen molar-refractivity contribution in [3.8, 4) is 0 Å². The van der Waals surface area contributed by atoms with Gasteiger partial charge in [-0.15, -0.1) is 0 Å². The summed E-state index contributed by atoms with van der Waals surface area (Å²) in [6, 6.07) is 0. The largest absolute Gasteiger partial charge is 0.269 e. The standard InChI is InChI=1S/C4H10O6S2/c1-3-12(7,8)10-4-9-11(2,5)6/h3-4H2,1-2H3. The maximum absolute atomic E-state index is 10.6. The lowest BCUT2D eigenvalue weighted by molar-refractivity contribution is 0.134. The average Bonchev–Trinajstić information content (AvgIpc) is 1.84. The van der Waals surface area contributed by atoms with Gasteiger partial charge in [-0.05, 0) is 6.92 Å². The quantitative estimate of drug-likeness (QED) is 0.447. The van der Waals surface area contributed by atoms with Crippen LogP contribution in [0.2, 0.25) is 0 Å². The summed E-state index contributed by atoms with van der Waals surface area (Å²) < 4.78 is 50.0. The average molecular weight is 218 g/mol. The molecule has 0 aromatic carbocycles. The van der Waals surface area contributed by atoms with Crippen molar-refractivity contribution in [2.24, 2.45) is 0 Å². The van der Waals surface area contributed by atoms with Crippen molar-refractivity contribution in [1.29, 1.82) is 0 Å². The molecule has 0 aromatic heterocycles. The van der Waals surface area contributed by atoms with E-state index >= 15 is 0 Å². The van der Waals surface area contributed by atoms with E-state index in [0.717, 1.165) is 6.26 Å².